The third-order valence-corrected chi connectivity index (χ3v) is 6.60. The molecule has 2 bridgehead atoms. The molecule has 28 heavy (non-hydrogen) atoms. The van der Waals surface area contributed by atoms with Gasteiger partial charge in [0.05, 0.1) is 34.3 Å². The van der Waals surface area contributed by atoms with Crippen LogP contribution in [0.15, 0.2) is 36.7 Å². The summed E-state index contributed by atoms with van der Waals surface area (Å²) in [5.74, 6) is 0. The molecule has 3 aliphatic rings. The molecule has 3 fully saturated rings. The summed E-state index contributed by atoms with van der Waals surface area (Å²) >= 11 is 0. The molecule has 6 nitrogen and oxygen atoms in total. The van der Waals surface area contributed by atoms with Gasteiger partial charge in [-0.1, -0.05) is 0 Å². The van der Waals surface area contributed by atoms with Crippen LogP contribution in [-0.4, -0.2) is 30.8 Å². The normalized spacial score (nSPS) is 26.3. The third-order valence-electron chi connectivity index (χ3n) is 6.60. The highest BCUT2D eigenvalue weighted by molar-refractivity contribution is 5.69. The van der Waals surface area contributed by atoms with Gasteiger partial charge in [0.2, 0.25) is 0 Å². The zero-order chi connectivity index (χ0) is 19.4. The summed E-state index contributed by atoms with van der Waals surface area (Å²) in [7, 11) is 0. The second kappa shape index (κ2) is 6.05. The number of hydrogen-bond acceptors (Lipinski definition) is 5. The minimum absolute atomic E-state index is 0.0784. The number of aryl methyl sites for hydroxylation is 1. The highest BCUT2D eigenvalue weighted by Crippen LogP contribution is 2.48. The smallest absolute Gasteiger partial charge is 0.101 e. The molecule has 2 N–H and O–H groups in total. The predicted octanol–water partition coefficient (Wildman–Crippen LogP) is 3.83. The Kier molecular flexibility index (Phi) is 3.72. The molecular weight excluding hydrogens is 350 g/mol. The molecule has 3 aromatic rings. The lowest BCUT2D eigenvalue weighted by atomic mass is 9.63. The third kappa shape index (κ3) is 2.74. The molecule has 3 aliphatic carbocycles. The summed E-state index contributed by atoms with van der Waals surface area (Å²) in [6.45, 7) is 2.07. The average molecular weight is 373 g/mol. The molecular formula is C22H23N5O. The van der Waals surface area contributed by atoms with Gasteiger partial charge in [0, 0.05) is 17.4 Å². The first kappa shape index (κ1) is 17.2. The summed E-state index contributed by atoms with van der Waals surface area (Å²) in [6.07, 6.45) is 9.14. The van der Waals surface area contributed by atoms with Crippen molar-refractivity contribution < 1.29 is 5.11 Å². The molecule has 0 aliphatic heterocycles. The first-order chi connectivity index (χ1) is 13.5. The zero-order valence-electron chi connectivity index (χ0n) is 15.9. The van der Waals surface area contributed by atoms with Crippen LogP contribution >= 0.6 is 0 Å². The van der Waals surface area contributed by atoms with Gasteiger partial charge in [0.25, 0.3) is 0 Å². The van der Waals surface area contributed by atoms with Crippen molar-refractivity contribution >= 4 is 11.2 Å². The maximum absolute atomic E-state index is 10.5. The van der Waals surface area contributed by atoms with Crippen LogP contribution in [0, 0.1) is 18.3 Å². The van der Waals surface area contributed by atoms with Gasteiger partial charge in [-0.2, -0.15) is 10.4 Å². The van der Waals surface area contributed by atoms with Gasteiger partial charge >= 0.3 is 0 Å². The van der Waals surface area contributed by atoms with Gasteiger partial charge in [0.15, 0.2) is 0 Å². The van der Waals surface area contributed by atoms with Crippen molar-refractivity contribution in [2.24, 2.45) is 0 Å². The molecule has 142 valence electrons. The van der Waals surface area contributed by atoms with Gasteiger partial charge in [0.1, 0.15) is 6.07 Å². The van der Waals surface area contributed by atoms with Crippen LogP contribution in [0.2, 0.25) is 0 Å². The molecule has 3 heterocycles. The zero-order valence-corrected chi connectivity index (χ0v) is 15.9. The van der Waals surface area contributed by atoms with Crippen molar-refractivity contribution in [1.82, 2.24) is 14.6 Å². The van der Waals surface area contributed by atoms with Gasteiger partial charge in [-0.15, -0.1) is 0 Å². The van der Waals surface area contributed by atoms with E-state index in [0.717, 1.165) is 66.7 Å². The molecule has 0 unspecified atom stereocenters. The standard InChI is InChI=1S/C22H23N5O/c1-15-13-24-19(20-3-2-17-10-16(12-23)14-25-27(17)20)11-18(15)26-21-4-7-22(28,8-5-21)9-6-21/h2-3,10-11,13-14,28H,4-9H2,1H3,(H,24,26). The fraction of sp³-hybridized carbons (Fsp3) is 0.409. The maximum Gasteiger partial charge on any atom is 0.101 e. The van der Waals surface area contributed by atoms with E-state index in [-0.39, 0.29) is 5.54 Å². The van der Waals surface area contributed by atoms with E-state index in [0.29, 0.717) is 5.56 Å². The molecule has 3 aromatic heterocycles. The SMILES string of the molecule is Cc1cnc(-c2ccc3cc(C#N)cnn23)cc1NC12CCC(O)(CC1)CC2. The van der Waals surface area contributed by atoms with E-state index in [4.69, 9.17) is 5.26 Å². The van der Waals surface area contributed by atoms with Gasteiger partial charge in [-0.25, -0.2) is 4.52 Å². The Balaban J connectivity index is 1.49. The van der Waals surface area contributed by atoms with Crippen molar-refractivity contribution in [2.75, 3.05) is 5.32 Å². The maximum atomic E-state index is 10.5. The fourth-order valence-electron chi connectivity index (χ4n) is 4.69. The molecule has 6 heteroatoms. The Morgan fingerprint density at radius 1 is 1.11 bits per heavy atom. The lowest BCUT2D eigenvalue weighted by Gasteiger charge is -2.51. The van der Waals surface area contributed by atoms with Crippen LogP contribution in [0.5, 0.6) is 0 Å². The topological polar surface area (TPSA) is 86.2 Å². The highest BCUT2D eigenvalue weighted by Gasteiger charge is 2.47. The number of pyridine rings is 1. The van der Waals surface area contributed by atoms with Crippen LogP contribution in [0.4, 0.5) is 5.69 Å². The van der Waals surface area contributed by atoms with Gasteiger partial charge < -0.3 is 10.4 Å². The van der Waals surface area contributed by atoms with Crippen molar-refractivity contribution in [2.45, 2.75) is 56.6 Å². The fourth-order valence-corrected chi connectivity index (χ4v) is 4.69. The summed E-state index contributed by atoms with van der Waals surface area (Å²) < 4.78 is 1.82. The van der Waals surface area contributed by atoms with E-state index in [2.05, 4.69) is 34.5 Å². The van der Waals surface area contributed by atoms with Gasteiger partial charge in [-0.3, -0.25) is 4.98 Å². The van der Waals surface area contributed by atoms with Gasteiger partial charge in [-0.05, 0) is 75.3 Å². The monoisotopic (exact) mass is 373 g/mol. The average Bonchev–Trinajstić information content (AvgIpc) is 3.14. The van der Waals surface area contributed by atoms with E-state index in [1.807, 2.05) is 28.9 Å². The second-order valence-electron chi connectivity index (χ2n) is 8.43. The highest BCUT2D eigenvalue weighted by atomic mass is 16.3. The molecule has 0 aromatic carbocycles. The number of hydrogen-bond donors (Lipinski definition) is 2. The Bertz CT molecular complexity index is 1090. The van der Waals surface area contributed by atoms with Crippen LogP contribution in [0.1, 0.15) is 49.7 Å². The lowest BCUT2D eigenvalue weighted by molar-refractivity contribution is -0.0580. The first-order valence-corrected chi connectivity index (χ1v) is 9.85. The Hall–Kier alpha value is -2.91. The molecule has 3 saturated carbocycles. The van der Waals surface area contributed by atoms with E-state index in [9.17, 15) is 5.11 Å². The quantitative estimate of drug-likeness (QED) is 0.729. The molecule has 0 atom stereocenters. The van der Waals surface area contributed by atoms with E-state index in [1.54, 1.807) is 6.20 Å². The lowest BCUT2D eigenvalue weighted by Crippen LogP contribution is -2.53. The van der Waals surface area contributed by atoms with Crippen molar-refractivity contribution in [3.8, 4) is 17.5 Å². The molecule has 0 saturated heterocycles. The number of nitrogens with zero attached hydrogens (tertiary/aromatic N) is 4. The molecule has 6 rings (SSSR count). The summed E-state index contributed by atoms with van der Waals surface area (Å²) in [6, 6.07) is 10.0. The Morgan fingerprint density at radius 3 is 2.57 bits per heavy atom. The second-order valence-corrected chi connectivity index (χ2v) is 8.43. The largest absolute Gasteiger partial charge is 0.390 e. The minimum Gasteiger partial charge on any atom is -0.390 e. The van der Waals surface area contributed by atoms with Crippen LogP contribution in [0.25, 0.3) is 16.9 Å². The number of rotatable bonds is 3. The molecule has 0 spiro atoms. The number of aliphatic hydroxyl groups is 1. The van der Waals surface area contributed by atoms with Crippen molar-refractivity contribution in [3.05, 3.63) is 47.8 Å². The van der Waals surface area contributed by atoms with E-state index < -0.39 is 5.60 Å². The van der Waals surface area contributed by atoms with Crippen LogP contribution in [-0.2, 0) is 0 Å². The Morgan fingerprint density at radius 2 is 1.86 bits per heavy atom. The number of nitrogens with one attached hydrogen (secondary N) is 1. The summed E-state index contributed by atoms with van der Waals surface area (Å²) in [4.78, 5) is 4.63. The summed E-state index contributed by atoms with van der Waals surface area (Å²) in [5.41, 5.74) is 5.04. The molecule has 0 amide bonds. The number of fused-ring (bicyclic) bond motifs is 4. The van der Waals surface area contributed by atoms with Crippen LogP contribution < -0.4 is 5.32 Å². The van der Waals surface area contributed by atoms with Crippen LogP contribution in [0.3, 0.4) is 0 Å². The van der Waals surface area contributed by atoms with Crippen molar-refractivity contribution in [3.63, 3.8) is 0 Å². The first-order valence-electron chi connectivity index (χ1n) is 9.85. The van der Waals surface area contributed by atoms with Crippen molar-refractivity contribution in [1.29, 1.82) is 5.26 Å². The van der Waals surface area contributed by atoms with E-state index >= 15 is 0 Å². The number of aromatic nitrogens is 3. The minimum atomic E-state index is -0.430. The summed E-state index contributed by atoms with van der Waals surface area (Å²) in [5, 5.41) is 27.8. The Labute approximate surface area is 163 Å². The number of nitriles is 1. The predicted molar refractivity (Wildman–Crippen MR) is 107 cm³/mol. The van der Waals surface area contributed by atoms with E-state index in [1.165, 1.54) is 0 Å². The molecule has 0 radical (unpaired) electrons. The number of anilines is 1.